The normalized spacial score (nSPS) is 25.1. The smallest absolute Gasteiger partial charge is 0.407 e. The standard InChI is InChI=1S/C39H49N3O5/c1-3-23-45-39(44)40-24-33-9-4-5-11-35(33)30-16-18-32(19-17-30)38-46-36(26-42-22-8-10-34(42)25-41-20-6-7-21-41)28(2)37(47-38)31-14-12-29(27-43)13-15-31/h3-5,9,11-19,28,34,36-38,43H,1,6-8,10,20-27H2,2H3,(H,40,44). The van der Waals surface area contributed by atoms with Gasteiger partial charge in [0, 0.05) is 37.2 Å². The lowest BCUT2D eigenvalue weighted by Gasteiger charge is -2.43. The summed E-state index contributed by atoms with van der Waals surface area (Å²) < 4.78 is 18.7. The van der Waals surface area contributed by atoms with Gasteiger partial charge in [-0.1, -0.05) is 92.4 Å². The zero-order chi connectivity index (χ0) is 32.6. The molecular formula is C39H49N3O5. The summed E-state index contributed by atoms with van der Waals surface area (Å²) in [6.45, 7) is 12.0. The number of nitrogens with zero attached hydrogens (tertiary/aromatic N) is 2. The van der Waals surface area contributed by atoms with Crippen molar-refractivity contribution in [3.63, 3.8) is 0 Å². The number of hydrogen-bond acceptors (Lipinski definition) is 7. The van der Waals surface area contributed by atoms with Gasteiger partial charge in [-0.15, -0.1) is 0 Å². The van der Waals surface area contributed by atoms with E-state index in [4.69, 9.17) is 14.2 Å². The molecule has 0 spiro atoms. The summed E-state index contributed by atoms with van der Waals surface area (Å²) in [5, 5.41) is 12.5. The van der Waals surface area contributed by atoms with Crippen molar-refractivity contribution in [3.05, 3.63) is 108 Å². The average Bonchev–Trinajstić information content (AvgIpc) is 3.80. The minimum atomic E-state index is -0.510. The summed E-state index contributed by atoms with van der Waals surface area (Å²) in [6, 6.07) is 25.1. The molecule has 0 aliphatic carbocycles. The predicted molar refractivity (Wildman–Crippen MR) is 184 cm³/mol. The van der Waals surface area contributed by atoms with Crippen LogP contribution in [0.15, 0.2) is 85.5 Å². The molecule has 3 aromatic rings. The number of amides is 1. The highest BCUT2D eigenvalue weighted by Crippen LogP contribution is 2.42. The molecule has 5 unspecified atom stereocenters. The summed E-state index contributed by atoms with van der Waals surface area (Å²) >= 11 is 0. The van der Waals surface area contributed by atoms with E-state index in [9.17, 15) is 9.90 Å². The molecule has 3 fully saturated rings. The fourth-order valence-electron chi connectivity index (χ4n) is 7.29. The number of rotatable bonds is 12. The summed E-state index contributed by atoms with van der Waals surface area (Å²) in [5.41, 5.74) is 6.05. The van der Waals surface area contributed by atoms with Crippen molar-refractivity contribution in [2.24, 2.45) is 5.92 Å². The van der Waals surface area contributed by atoms with E-state index in [1.54, 1.807) is 6.08 Å². The van der Waals surface area contributed by atoms with E-state index in [0.29, 0.717) is 12.6 Å². The molecule has 1 amide bonds. The van der Waals surface area contributed by atoms with Crippen LogP contribution in [0.5, 0.6) is 0 Å². The second-order valence-corrected chi connectivity index (χ2v) is 13.1. The molecule has 3 aliphatic heterocycles. The average molecular weight is 640 g/mol. The maximum absolute atomic E-state index is 12.0. The van der Waals surface area contributed by atoms with Gasteiger partial charge >= 0.3 is 6.09 Å². The van der Waals surface area contributed by atoms with Crippen molar-refractivity contribution >= 4 is 6.09 Å². The van der Waals surface area contributed by atoms with Crippen molar-refractivity contribution in [2.45, 2.75) is 70.3 Å². The molecule has 47 heavy (non-hydrogen) atoms. The van der Waals surface area contributed by atoms with Gasteiger partial charge in [-0.05, 0) is 73.1 Å². The van der Waals surface area contributed by atoms with Gasteiger partial charge in [-0.25, -0.2) is 4.79 Å². The molecule has 3 aromatic carbocycles. The van der Waals surface area contributed by atoms with Gasteiger partial charge < -0.3 is 29.5 Å². The first kappa shape index (κ1) is 33.4. The second-order valence-electron chi connectivity index (χ2n) is 13.1. The van der Waals surface area contributed by atoms with E-state index >= 15 is 0 Å². The molecule has 8 nitrogen and oxygen atoms in total. The van der Waals surface area contributed by atoms with Gasteiger partial charge in [0.25, 0.3) is 0 Å². The quantitative estimate of drug-likeness (QED) is 0.216. The summed E-state index contributed by atoms with van der Waals surface area (Å²) in [4.78, 5) is 17.3. The number of ether oxygens (including phenoxy) is 3. The fourth-order valence-corrected chi connectivity index (χ4v) is 7.29. The van der Waals surface area contributed by atoms with E-state index in [-0.39, 0.29) is 31.3 Å². The lowest BCUT2D eigenvalue weighted by Crippen LogP contribution is -2.48. The third-order valence-corrected chi connectivity index (χ3v) is 9.97. The number of carbonyl (C=O) groups is 1. The van der Waals surface area contributed by atoms with Crippen LogP contribution in [0.1, 0.15) is 67.3 Å². The molecule has 0 radical (unpaired) electrons. The van der Waals surface area contributed by atoms with Crippen LogP contribution < -0.4 is 5.32 Å². The SMILES string of the molecule is C=CCOC(=O)NCc1ccccc1-c1ccc(C2OC(CN3CCCC3CN3CCCC3)C(C)C(c3ccc(CO)cc3)O2)cc1. The zero-order valence-electron chi connectivity index (χ0n) is 27.6. The van der Waals surface area contributed by atoms with Crippen LogP contribution in [-0.2, 0) is 27.4 Å². The Kier molecular flexibility index (Phi) is 11.4. The molecule has 0 bridgehead atoms. The Morgan fingerprint density at radius 1 is 0.957 bits per heavy atom. The molecule has 0 aromatic heterocycles. The minimum Gasteiger partial charge on any atom is -0.445 e. The minimum absolute atomic E-state index is 0.00256. The van der Waals surface area contributed by atoms with Crippen molar-refractivity contribution < 1.29 is 24.1 Å². The van der Waals surface area contributed by atoms with Crippen LogP contribution in [0.4, 0.5) is 4.79 Å². The van der Waals surface area contributed by atoms with Crippen molar-refractivity contribution in [3.8, 4) is 11.1 Å². The molecule has 5 atom stereocenters. The van der Waals surface area contributed by atoms with Gasteiger partial charge in [-0.3, -0.25) is 4.90 Å². The summed E-state index contributed by atoms with van der Waals surface area (Å²) in [7, 11) is 0. The Hall–Kier alpha value is -3.53. The highest BCUT2D eigenvalue weighted by molar-refractivity contribution is 5.70. The van der Waals surface area contributed by atoms with E-state index in [2.05, 4.69) is 71.1 Å². The van der Waals surface area contributed by atoms with Crippen molar-refractivity contribution in [2.75, 3.05) is 39.3 Å². The van der Waals surface area contributed by atoms with Crippen LogP contribution in [0.2, 0.25) is 0 Å². The molecule has 6 rings (SSSR count). The number of aliphatic hydroxyl groups excluding tert-OH is 1. The number of benzene rings is 3. The van der Waals surface area contributed by atoms with E-state index < -0.39 is 12.4 Å². The first-order chi connectivity index (χ1) is 23.0. The third kappa shape index (κ3) is 8.31. The summed E-state index contributed by atoms with van der Waals surface area (Å²) in [6.07, 6.45) is 5.55. The van der Waals surface area contributed by atoms with Gasteiger partial charge in [-0.2, -0.15) is 0 Å². The highest BCUT2D eigenvalue weighted by atomic mass is 16.7. The van der Waals surface area contributed by atoms with E-state index in [0.717, 1.165) is 53.0 Å². The number of aliphatic hydroxyl groups is 1. The number of likely N-dealkylation sites (tertiary alicyclic amines) is 2. The fraction of sp³-hybridized carbons (Fsp3) is 0.462. The highest BCUT2D eigenvalue weighted by Gasteiger charge is 2.40. The molecule has 0 saturated carbocycles. The molecule has 3 heterocycles. The van der Waals surface area contributed by atoms with Crippen molar-refractivity contribution in [1.29, 1.82) is 0 Å². The topological polar surface area (TPSA) is 83.5 Å². The molecule has 3 aliphatic rings. The van der Waals surface area contributed by atoms with Gasteiger partial charge in [0.05, 0.1) is 18.8 Å². The van der Waals surface area contributed by atoms with Crippen molar-refractivity contribution in [1.82, 2.24) is 15.1 Å². The summed E-state index contributed by atoms with van der Waals surface area (Å²) in [5.74, 6) is 0.149. The number of carbonyl (C=O) groups excluding carboxylic acids is 1. The van der Waals surface area contributed by atoms with E-state index in [1.807, 2.05) is 30.3 Å². The molecule has 2 N–H and O–H groups in total. The second kappa shape index (κ2) is 16.0. The molecule has 250 valence electrons. The number of nitrogens with one attached hydrogen (secondary N) is 1. The molecular weight excluding hydrogens is 590 g/mol. The Labute approximate surface area is 279 Å². The number of alkyl carbamates (subject to hydrolysis) is 1. The van der Waals surface area contributed by atoms with Gasteiger partial charge in [0.2, 0.25) is 0 Å². The van der Waals surface area contributed by atoms with Gasteiger partial charge in [0.1, 0.15) is 6.61 Å². The third-order valence-electron chi connectivity index (χ3n) is 9.97. The van der Waals surface area contributed by atoms with Crippen LogP contribution in [0.25, 0.3) is 11.1 Å². The lowest BCUT2D eigenvalue weighted by atomic mass is 9.89. The maximum atomic E-state index is 12.0. The Bertz CT molecular complexity index is 1460. The maximum Gasteiger partial charge on any atom is 0.407 e. The monoisotopic (exact) mass is 639 g/mol. The lowest BCUT2D eigenvalue weighted by molar-refractivity contribution is -0.276. The largest absolute Gasteiger partial charge is 0.445 e. The van der Waals surface area contributed by atoms with Crippen LogP contribution in [0, 0.1) is 5.92 Å². The molecule has 3 saturated heterocycles. The Balaban J connectivity index is 1.20. The predicted octanol–water partition coefficient (Wildman–Crippen LogP) is 6.61. The van der Waals surface area contributed by atoms with Gasteiger partial charge in [0.15, 0.2) is 6.29 Å². The first-order valence-electron chi connectivity index (χ1n) is 17.2. The zero-order valence-corrected chi connectivity index (χ0v) is 27.6. The Morgan fingerprint density at radius 3 is 2.45 bits per heavy atom. The van der Waals surface area contributed by atoms with Crippen LogP contribution in [0.3, 0.4) is 0 Å². The van der Waals surface area contributed by atoms with Crippen LogP contribution in [-0.4, -0.2) is 72.5 Å². The van der Waals surface area contributed by atoms with Crippen LogP contribution >= 0.6 is 0 Å². The number of hydrogen-bond donors (Lipinski definition) is 2. The first-order valence-corrected chi connectivity index (χ1v) is 17.2. The van der Waals surface area contributed by atoms with E-state index in [1.165, 1.54) is 38.8 Å². The molecule has 8 heteroatoms. The Morgan fingerprint density at radius 2 is 1.70 bits per heavy atom.